The summed E-state index contributed by atoms with van der Waals surface area (Å²) in [6, 6.07) is -9.14. The zero-order chi connectivity index (χ0) is 52.3. The Kier molecular flexibility index (Phi) is 25.9. The number of nitrogens with two attached hydrogens (primary N) is 8. The highest BCUT2D eigenvalue weighted by atomic mass is 16.2. The van der Waals surface area contributed by atoms with Crippen LogP contribution in [-0.4, -0.2) is 144 Å². The molecule has 0 bridgehead atoms. The zero-order valence-electron chi connectivity index (χ0n) is 40.7. The third kappa shape index (κ3) is 22.6. The number of imidazole rings is 1. The van der Waals surface area contributed by atoms with Gasteiger partial charge in [0.05, 0.1) is 6.33 Å². The van der Waals surface area contributed by atoms with Gasteiger partial charge in [-0.3, -0.25) is 53.5 Å². The van der Waals surface area contributed by atoms with E-state index in [4.69, 9.17) is 45.9 Å². The first kappa shape index (κ1) is 58.7. The highest BCUT2D eigenvalue weighted by Gasteiger charge is 2.36. The molecule has 2 rings (SSSR count). The molecule has 0 aromatic carbocycles. The number of rotatable bonds is 22. The topological polar surface area (TPSA) is 490 Å². The largest absolute Gasteiger partial charge is 0.370 e. The number of H-pyrrole nitrogens is 1. The van der Waals surface area contributed by atoms with Crippen molar-refractivity contribution in [3.8, 4) is 0 Å². The molecule has 1 aliphatic heterocycles. The molecule has 1 fully saturated rings. The predicted octanol–water partition coefficient (Wildman–Crippen LogP) is -5.33. The van der Waals surface area contributed by atoms with Gasteiger partial charge in [0.25, 0.3) is 0 Å². The van der Waals surface area contributed by atoms with Gasteiger partial charge in [-0.25, -0.2) is 4.98 Å². The second-order valence-corrected chi connectivity index (χ2v) is 17.4. The maximum atomic E-state index is 14.4. The Balaban J connectivity index is 2.87. The lowest BCUT2D eigenvalue weighted by molar-refractivity contribution is -0.136. The van der Waals surface area contributed by atoms with Gasteiger partial charge in [-0.2, -0.15) is 0 Å². The number of aromatic nitrogens is 2. The highest BCUT2D eigenvalue weighted by molar-refractivity contribution is 5.98. The average molecular weight is 988 g/mol. The van der Waals surface area contributed by atoms with E-state index in [1.54, 1.807) is 6.92 Å². The van der Waals surface area contributed by atoms with Crippen molar-refractivity contribution in [2.45, 2.75) is 141 Å². The van der Waals surface area contributed by atoms with E-state index in [0.717, 1.165) is 0 Å². The minimum atomic E-state index is -1.40. The molecule has 24 N–H and O–H groups in total. The van der Waals surface area contributed by atoms with Gasteiger partial charge in [0.1, 0.15) is 42.3 Å². The van der Waals surface area contributed by atoms with Crippen LogP contribution in [0.25, 0.3) is 0 Å². The average Bonchev–Trinajstić information content (AvgIpc) is 3.80. The van der Waals surface area contributed by atoms with Gasteiger partial charge < -0.3 is 88.1 Å². The smallest absolute Gasteiger partial charge is 0.243 e. The van der Waals surface area contributed by atoms with Crippen LogP contribution in [0.2, 0.25) is 0 Å². The SMILES string of the molecule is CC[C@H](C)[C@@H]1NC(=O)[C@@H](CCCN=C(N)N)NC(=O)[C@@H](CCCN=C(N)N)NC(=O)[C@H](Cc2cnc[nH]2)NC(=O)[C@@H](CCCN=C(N)N)NC(=O)[C@@H](CCCN=C(N)N)NC(=O)[C@H](CC(C)C)NC1=O. The third-order valence-electron chi connectivity index (χ3n) is 11.1. The fourth-order valence-electron chi connectivity index (χ4n) is 7.20. The van der Waals surface area contributed by atoms with Crippen molar-refractivity contribution in [1.29, 1.82) is 0 Å². The summed E-state index contributed by atoms with van der Waals surface area (Å²) in [6.07, 6.45) is 3.76. The van der Waals surface area contributed by atoms with Crippen LogP contribution in [0.5, 0.6) is 0 Å². The molecule has 0 aliphatic carbocycles. The molecule has 0 radical (unpaired) electrons. The fourth-order valence-corrected chi connectivity index (χ4v) is 7.20. The summed E-state index contributed by atoms with van der Waals surface area (Å²) in [7, 11) is 0. The molecule has 7 amide bonds. The number of nitrogens with zero attached hydrogens (tertiary/aromatic N) is 5. The zero-order valence-corrected chi connectivity index (χ0v) is 40.7. The molecule has 28 nitrogen and oxygen atoms in total. The van der Waals surface area contributed by atoms with Gasteiger partial charge in [0, 0.05) is 44.5 Å². The number of nitrogens with one attached hydrogen (secondary N) is 8. The maximum absolute atomic E-state index is 14.4. The molecule has 70 heavy (non-hydrogen) atoms. The van der Waals surface area contributed by atoms with E-state index < -0.39 is 89.6 Å². The quantitative estimate of drug-likeness (QED) is 0.0293. The van der Waals surface area contributed by atoms with Crippen LogP contribution < -0.4 is 83.1 Å². The van der Waals surface area contributed by atoms with Crippen LogP contribution in [0.1, 0.15) is 97.6 Å². The molecular formula is C42H77N21O7. The Hall–Kier alpha value is -7.42. The Bertz CT molecular complexity index is 1980. The second-order valence-electron chi connectivity index (χ2n) is 17.4. The van der Waals surface area contributed by atoms with Crippen LogP contribution in [0.4, 0.5) is 0 Å². The third-order valence-corrected chi connectivity index (χ3v) is 11.1. The van der Waals surface area contributed by atoms with Crippen LogP contribution >= 0.6 is 0 Å². The van der Waals surface area contributed by atoms with Gasteiger partial charge in [0.2, 0.25) is 41.4 Å². The van der Waals surface area contributed by atoms with E-state index >= 15 is 0 Å². The monoisotopic (exact) mass is 988 g/mol. The standard InChI is InChI=1S/C42H77N21O7/c1-5-23(4)31-38(70)62-29(18-22(2)3)36(68)59-25(10-6-14-52-39(43)44)32(64)57-27(12-8-16-54-41(47)48)34(66)61-30(19-24-20-51-21-56-24)37(69)60-26(11-7-15-53-40(45)46)33(65)58-28(35(67)63-31)13-9-17-55-42(49)50/h20-23,25-31H,5-19H2,1-4H3,(H,51,56)(H,57,64)(H,58,65)(H,59,68)(H,60,69)(H,61,66)(H,62,70)(H,63,67)(H4,43,44,52)(H4,45,46,53)(H4,47,48,54)(H4,49,50,55)/t23-,25+,26+,27+,28+,29-,30-,31-/m0/s1. The maximum Gasteiger partial charge on any atom is 0.243 e. The summed E-state index contributed by atoms with van der Waals surface area (Å²) < 4.78 is 0. The molecule has 0 unspecified atom stereocenters. The predicted molar refractivity (Wildman–Crippen MR) is 264 cm³/mol. The minimum absolute atomic E-state index is 0.0222. The summed E-state index contributed by atoms with van der Waals surface area (Å²) in [4.78, 5) is 123. The first-order valence-corrected chi connectivity index (χ1v) is 23.4. The molecular weight excluding hydrogens is 911 g/mol. The molecule has 1 aromatic heterocycles. The number of hydrogen-bond donors (Lipinski definition) is 16. The first-order chi connectivity index (χ1) is 33.1. The summed E-state index contributed by atoms with van der Waals surface area (Å²) in [6.45, 7) is 7.51. The molecule has 28 heteroatoms. The van der Waals surface area contributed by atoms with Gasteiger partial charge in [0.15, 0.2) is 23.8 Å². The Morgan fingerprint density at radius 3 is 1.16 bits per heavy atom. The molecule has 1 aromatic rings. The van der Waals surface area contributed by atoms with Crippen molar-refractivity contribution < 1.29 is 33.6 Å². The van der Waals surface area contributed by atoms with Crippen molar-refractivity contribution in [3.63, 3.8) is 0 Å². The lowest BCUT2D eigenvalue weighted by Crippen LogP contribution is -2.60. The van der Waals surface area contributed by atoms with Crippen molar-refractivity contribution in [3.05, 3.63) is 18.2 Å². The minimum Gasteiger partial charge on any atom is -0.370 e. The summed E-state index contributed by atoms with van der Waals surface area (Å²) >= 11 is 0. The summed E-state index contributed by atoms with van der Waals surface area (Å²) in [5.74, 6) is -6.87. The van der Waals surface area contributed by atoms with E-state index in [1.165, 1.54) is 12.5 Å². The summed E-state index contributed by atoms with van der Waals surface area (Å²) in [5.41, 5.74) is 44.7. The first-order valence-electron chi connectivity index (χ1n) is 23.4. The number of guanidine groups is 4. The number of aliphatic imine (C=N–C) groups is 4. The van der Waals surface area contributed by atoms with Crippen LogP contribution in [0.3, 0.4) is 0 Å². The van der Waals surface area contributed by atoms with Crippen LogP contribution in [0, 0.1) is 11.8 Å². The number of hydrogen-bond acceptors (Lipinski definition) is 12. The van der Waals surface area contributed by atoms with Crippen molar-refractivity contribution in [2.75, 3.05) is 26.2 Å². The van der Waals surface area contributed by atoms with Crippen molar-refractivity contribution >= 4 is 65.2 Å². The molecule has 8 atom stereocenters. The molecule has 392 valence electrons. The molecule has 0 spiro atoms. The number of carbonyl (C=O) groups is 7. The molecule has 0 saturated carbocycles. The van der Waals surface area contributed by atoms with Gasteiger partial charge >= 0.3 is 0 Å². The molecule has 1 aliphatic rings. The molecule has 1 saturated heterocycles. The number of aromatic amines is 1. The van der Waals surface area contributed by atoms with E-state index in [2.05, 4.69) is 67.2 Å². The number of amides is 7. The Morgan fingerprint density at radius 2 is 0.829 bits per heavy atom. The van der Waals surface area contributed by atoms with Gasteiger partial charge in [-0.15, -0.1) is 0 Å². The normalized spacial score (nSPS) is 22.5. The Labute approximate surface area is 407 Å². The fraction of sp³-hybridized carbons (Fsp3) is 0.667. The second kappa shape index (κ2) is 30.9. The number of carbonyl (C=O) groups excluding carboxylic acids is 7. The van der Waals surface area contributed by atoms with E-state index in [9.17, 15) is 33.6 Å². The van der Waals surface area contributed by atoms with Crippen LogP contribution in [-0.2, 0) is 40.0 Å². The lowest BCUT2D eigenvalue weighted by atomic mass is 9.96. The van der Waals surface area contributed by atoms with Gasteiger partial charge in [-0.05, 0) is 69.6 Å². The van der Waals surface area contributed by atoms with Crippen molar-refractivity contribution in [2.24, 2.45) is 77.7 Å². The van der Waals surface area contributed by atoms with Gasteiger partial charge in [-0.1, -0.05) is 34.1 Å². The summed E-state index contributed by atoms with van der Waals surface area (Å²) in [5, 5.41) is 19.2. The van der Waals surface area contributed by atoms with Crippen LogP contribution in [0.15, 0.2) is 32.5 Å². The highest BCUT2D eigenvalue weighted by Crippen LogP contribution is 2.14. The van der Waals surface area contributed by atoms with E-state index in [-0.39, 0.29) is 120 Å². The lowest BCUT2D eigenvalue weighted by Gasteiger charge is -2.30. The van der Waals surface area contributed by atoms with E-state index in [0.29, 0.717) is 12.1 Å². The van der Waals surface area contributed by atoms with Crippen molar-refractivity contribution in [1.82, 2.24) is 47.2 Å². The van der Waals surface area contributed by atoms with E-state index in [1.807, 2.05) is 20.8 Å². The Morgan fingerprint density at radius 1 is 0.500 bits per heavy atom. The molecule has 2 heterocycles.